The monoisotopic (exact) mass is 342 g/mol. The van der Waals surface area contributed by atoms with Crippen LogP contribution in [0.3, 0.4) is 0 Å². The Morgan fingerprint density at radius 2 is 1.96 bits per heavy atom. The Morgan fingerprint density at radius 3 is 2.48 bits per heavy atom. The number of thiocarbonyl (C=S) groups is 1. The van der Waals surface area contributed by atoms with Gasteiger partial charge in [-0.15, -0.1) is 0 Å². The molecule has 2 amide bonds. The molecule has 0 radical (unpaired) electrons. The topological polar surface area (TPSA) is 76.7 Å². The average Bonchev–Trinajstić information content (AvgIpc) is 2.47. The first-order valence-corrected chi connectivity index (χ1v) is 8.66. The summed E-state index contributed by atoms with van der Waals surface area (Å²) in [6.07, 6.45) is 4.26. The third kappa shape index (κ3) is 4.28. The molecule has 2 aliphatic heterocycles. The van der Waals surface area contributed by atoms with Crippen LogP contribution in [0.25, 0.3) is 0 Å². The molecule has 0 bridgehead atoms. The Balaban J connectivity index is 1.99. The first-order valence-electron chi connectivity index (χ1n) is 8.25. The van der Waals surface area contributed by atoms with E-state index in [0.29, 0.717) is 19.3 Å². The maximum Gasteiger partial charge on any atom is 0.241 e. The largest absolute Gasteiger partial charge is 0.353 e. The molecule has 2 aliphatic rings. The van der Waals surface area contributed by atoms with E-state index in [1.54, 1.807) is 0 Å². The minimum atomic E-state index is -1.09. The molecule has 2 rings (SSSR count). The Hall–Kier alpha value is -1.05. The normalized spacial score (nSPS) is 25.0. The molecular formula is C16H26N2O4S. The summed E-state index contributed by atoms with van der Waals surface area (Å²) < 4.78 is 11.7. The van der Waals surface area contributed by atoms with Crippen molar-refractivity contribution in [1.29, 1.82) is 0 Å². The van der Waals surface area contributed by atoms with E-state index in [2.05, 4.69) is 10.6 Å². The van der Waals surface area contributed by atoms with E-state index in [-0.39, 0.29) is 23.2 Å². The highest BCUT2D eigenvalue weighted by Gasteiger charge is 2.48. The van der Waals surface area contributed by atoms with Crippen LogP contribution in [0.4, 0.5) is 0 Å². The number of hydrogen-bond donors (Lipinski definition) is 2. The zero-order chi connectivity index (χ0) is 17.1. The predicted octanol–water partition coefficient (Wildman–Crippen LogP) is 2.02. The minimum absolute atomic E-state index is 0.0789. The maximum absolute atomic E-state index is 12.4. The van der Waals surface area contributed by atoms with Gasteiger partial charge in [0.05, 0.1) is 5.60 Å². The van der Waals surface area contributed by atoms with E-state index in [9.17, 15) is 9.59 Å². The number of carbonyl (C=O) groups is 2. The molecule has 0 aromatic heterocycles. The Labute approximate surface area is 142 Å². The fourth-order valence-corrected chi connectivity index (χ4v) is 3.22. The van der Waals surface area contributed by atoms with Gasteiger partial charge >= 0.3 is 0 Å². The summed E-state index contributed by atoms with van der Waals surface area (Å²) in [7, 11) is 0. The highest BCUT2D eigenvalue weighted by Crippen LogP contribution is 2.35. The molecule has 2 N–H and O–H groups in total. The number of hydrogen-bond acceptors (Lipinski definition) is 5. The van der Waals surface area contributed by atoms with Gasteiger partial charge in [-0.2, -0.15) is 0 Å². The van der Waals surface area contributed by atoms with Crippen LogP contribution in [0, 0.1) is 5.41 Å². The van der Waals surface area contributed by atoms with Crippen LogP contribution in [0.15, 0.2) is 0 Å². The summed E-state index contributed by atoms with van der Waals surface area (Å²) in [5.74, 6) is -0.642. The highest BCUT2D eigenvalue weighted by atomic mass is 32.1. The van der Waals surface area contributed by atoms with Crippen LogP contribution >= 0.6 is 12.2 Å². The molecule has 0 aromatic rings. The maximum atomic E-state index is 12.4. The zero-order valence-electron chi connectivity index (χ0n) is 14.1. The Morgan fingerprint density at radius 1 is 1.30 bits per heavy atom. The van der Waals surface area contributed by atoms with Gasteiger partial charge in [-0.1, -0.05) is 6.92 Å². The molecule has 1 atom stereocenters. The molecule has 2 heterocycles. The van der Waals surface area contributed by atoms with Crippen LogP contribution in [-0.4, -0.2) is 35.4 Å². The van der Waals surface area contributed by atoms with Crippen LogP contribution in [0.1, 0.15) is 59.3 Å². The lowest BCUT2D eigenvalue weighted by molar-refractivity contribution is -0.218. The lowest BCUT2D eigenvalue weighted by Gasteiger charge is -2.38. The zero-order valence-corrected chi connectivity index (χ0v) is 14.9. The molecule has 0 aromatic carbocycles. The molecule has 130 valence electrons. The van der Waals surface area contributed by atoms with Crippen molar-refractivity contribution in [3.05, 3.63) is 0 Å². The summed E-state index contributed by atoms with van der Waals surface area (Å²) in [5.41, 5.74) is -1.56. The number of amides is 2. The smallest absolute Gasteiger partial charge is 0.241 e. The molecule has 0 spiro atoms. The fraction of sp³-hybridized carbons (Fsp3) is 0.812. The van der Waals surface area contributed by atoms with E-state index in [0.717, 1.165) is 25.9 Å². The van der Waals surface area contributed by atoms with Crippen LogP contribution < -0.4 is 10.6 Å². The van der Waals surface area contributed by atoms with Crippen molar-refractivity contribution in [2.24, 2.45) is 5.41 Å². The molecule has 2 fully saturated rings. The van der Waals surface area contributed by atoms with Gasteiger partial charge in [0, 0.05) is 6.61 Å². The van der Waals surface area contributed by atoms with E-state index in [4.69, 9.17) is 21.7 Å². The van der Waals surface area contributed by atoms with Crippen molar-refractivity contribution in [2.75, 3.05) is 6.61 Å². The van der Waals surface area contributed by atoms with Gasteiger partial charge in [0.2, 0.25) is 11.8 Å². The second-order valence-corrected chi connectivity index (χ2v) is 7.25. The van der Waals surface area contributed by atoms with Crippen LogP contribution in [0.5, 0.6) is 0 Å². The number of rotatable bonds is 6. The van der Waals surface area contributed by atoms with E-state index < -0.39 is 11.0 Å². The van der Waals surface area contributed by atoms with Gasteiger partial charge in [0.25, 0.3) is 0 Å². The van der Waals surface area contributed by atoms with Crippen molar-refractivity contribution in [3.8, 4) is 0 Å². The van der Waals surface area contributed by atoms with Crippen molar-refractivity contribution in [3.63, 3.8) is 0 Å². The summed E-state index contributed by atoms with van der Waals surface area (Å²) in [4.78, 5) is 24.7. The number of carbonyl (C=O) groups excluding carboxylic acids is 2. The van der Waals surface area contributed by atoms with Gasteiger partial charge in [0.15, 0.2) is 11.4 Å². The van der Waals surface area contributed by atoms with Gasteiger partial charge in [-0.05, 0) is 64.6 Å². The van der Waals surface area contributed by atoms with E-state index in [1.807, 2.05) is 20.8 Å². The minimum Gasteiger partial charge on any atom is -0.353 e. The number of nitrogens with one attached hydrogen (secondary N) is 2. The van der Waals surface area contributed by atoms with Crippen molar-refractivity contribution in [1.82, 2.24) is 10.6 Å². The first-order chi connectivity index (χ1) is 10.8. The predicted molar refractivity (Wildman–Crippen MR) is 89.6 cm³/mol. The first kappa shape index (κ1) is 18.3. The lowest BCUT2D eigenvalue weighted by atomic mass is 9.75. The van der Waals surface area contributed by atoms with Crippen molar-refractivity contribution in [2.45, 2.75) is 71.2 Å². The number of ether oxygens (including phenoxy) is 2. The summed E-state index contributed by atoms with van der Waals surface area (Å²) in [5, 5.41) is 5.21. The molecule has 1 unspecified atom stereocenters. The molecule has 0 saturated carbocycles. The Bertz CT molecular complexity index is 466. The van der Waals surface area contributed by atoms with Crippen LogP contribution in [0.2, 0.25) is 0 Å². The molecular weight excluding hydrogens is 316 g/mol. The molecule has 6 nitrogen and oxygen atoms in total. The second-order valence-electron chi connectivity index (χ2n) is 6.85. The summed E-state index contributed by atoms with van der Waals surface area (Å²) in [6, 6.07) is 0. The summed E-state index contributed by atoms with van der Waals surface area (Å²) in [6.45, 7) is 6.50. The van der Waals surface area contributed by atoms with Gasteiger partial charge < -0.3 is 20.1 Å². The molecule has 23 heavy (non-hydrogen) atoms. The Kier molecular flexibility index (Phi) is 5.75. The molecule has 7 heteroatoms. The average molecular weight is 342 g/mol. The van der Waals surface area contributed by atoms with Crippen molar-refractivity contribution >= 4 is 29.1 Å². The van der Waals surface area contributed by atoms with Gasteiger partial charge in [-0.25, -0.2) is 0 Å². The van der Waals surface area contributed by atoms with Gasteiger partial charge in [0.1, 0.15) is 5.41 Å². The van der Waals surface area contributed by atoms with Crippen molar-refractivity contribution < 1.29 is 19.1 Å². The quantitative estimate of drug-likeness (QED) is 0.570. The highest BCUT2D eigenvalue weighted by molar-refractivity contribution is 7.80. The van der Waals surface area contributed by atoms with Gasteiger partial charge in [-0.3, -0.25) is 9.59 Å². The van der Waals surface area contributed by atoms with E-state index >= 15 is 0 Å². The SMILES string of the molecule is CCC1(CCC(C)(C)OC2CCCCO2)C(=O)NC(=S)NC1=O. The third-order valence-corrected chi connectivity index (χ3v) is 4.87. The fourth-order valence-electron chi connectivity index (χ4n) is 3.04. The molecule has 0 aliphatic carbocycles. The van der Waals surface area contributed by atoms with Crippen LogP contribution in [-0.2, 0) is 19.1 Å². The lowest BCUT2D eigenvalue weighted by Crippen LogP contribution is -2.62. The summed E-state index contributed by atoms with van der Waals surface area (Å²) >= 11 is 4.87. The second kappa shape index (κ2) is 7.23. The standard InChI is InChI=1S/C16H26N2O4S/c1-4-16(12(19)17-14(23)18-13(16)20)9-8-15(2,3)22-11-7-5-6-10-21-11/h11H,4-10H2,1-3H3,(H2,17,18,19,20,23). The van der Waals surface area contributed by atoms with E-state index in [1.165, 1.54) is 0 Å². The molecule has 2 saturated heterocycles. The third-order valence-electron chi connectivity index (χ3n) is 4.67.